The molecule has 2 aliphatic rings. The fourth-order valence-electron chi connectivity index (χ4n) is 2.41. The molecular formula is C14H13BrN4O2. The summed E-state index contributed by atoms with van der Waals surface area (Å²) in [4.78, 5) is 13.9. The number of carbonyl (C=O) groups excluding carboxylic acids is 1. The summed E-state index contributed by atoms with van der Waals surface area (Å²) in [6.45, 7) is 0.476. The molecule has 6 nitrogen and oxygen atoms in total. The van der Waals surface area contributed by atoms with Crippen molar-refractivity contribution >= 4 is 27.5 Å². The third-order valence-corrected chi connectivity index (χ3v) is 4.16. The van der Waals surface area contributed by atoms with Crippen molar-refractivity contribution < 1.29 is 9.53 Å². The average Bonchev–Trinajstić information content (AvgIpc) is 3.22. The molecule has 108 valence electrons. The first-order chi connectivity index (χ1) is 10.2. The molecule has 0 saturated heterocycles. The molecular weight excluding hydrogens is 336 g/mol. The fourth-order valence-corrected chi connectivity index (χ4v) is 2.76. The second-order valence-electron chi connectivity index (χ2n) is 5.30. The van der Waals surface area contributed by atoms with Gasteiger partial charge in [0.2, 0.25) is 0 Å². The predicted molar refractivity (Wildman–Crippen MR) is 79.1 cm³/mol. The van der Waals surface area contributed by atoms with Crippen LogP contribution in [0.4, 0.5) is 5.69 Å². The zero-order valence-electron chi connectivity index (χ0n) is 11.2. The van der Waals surface area contributed by atoms with Gasteiger partial charge in [0, 0.05) is 4.47 Å². The van der Waals surface area contributed by atoms with E-state index in [-0.39, 0.29) is 12.5 Å². The molecule has 1 aromatic heterocycles. The van der Waals surface area contributed by atoms with Crippen LogP contribution in [0.1, 0.15) is 24.6 Å². The average molecular weight is 349 g/mol. The van der Waals surface area contributed by atoms with Crippen LogP contribution in [-0.4, -0.2) is 27.5 Å². The molecule has 4 rings (SSSR count). The zero-order chi connectivity index (χ0) is 14.4. The van der Waals surface area contributed by atoms with Crippen molar-refractivity contribution in [2.24, 2.45) is 0 Å². The predicted octanol–water partition coefficient (Wildman–Crippen LogP) is 2.30. The van der Waals surface area contributed by atoms with Gasteiger partial charge in [-0.05, 0) is 31.0 Å². The van der Waals surface area contributed by atoms with Gasteiger partial charge in [-0.1, -0.05) is 21.1 Å². The number of amides is 1. The largest absolute Gasteiger partial charge is 0.482 e. The van der Waals surface area contributed by atoms with Crippen LogP contribution in [0.25, 0.3) is 0 Å². The van der Waals surface area contributed by atoms with Crippen molar-refractivity contribution in [3.8, 4) is 5.75 Å². The van der Waals surface area contributed by atoms with Gasteiger partial charge >= 0.3 is 0 Å². The Morgan fingerprint density at radius 2 is 2.24 bits per heavy atom. The lowest BCUT2D eigenvalue weighted by atomic mass is 10.2. The van der Waals surface area contributed by atoms with E-state index in [1.165, 1.54) is 0 Å². The molecule has 1 aliphatic heterocycles. The van der Waals surface area contributed by atoms with Crippen LogP contribution in [0.2, 0.25) is 0 Å². The fraction of sp³-hybridized carbons (Fsp3) is 0.357. The second kappa shape index (κ2) is 4.84. The number of benzene rings is 1. The molecule has 0 atom stereocenters. The number of aromatic nitrogens is 3. The van der Waals surface area contributed by atoms with E-state index in [0.717, 1.165) is 28.7 Å². The molecule has 7 heteroatoms. The van der Waals surface area contributed by atoms with Crippen molar-refractivity contribution in [3.63, 3.8) is 0 Å². The van der Waals surface area contributed by atoms with E-state index in [1.54, 1.807) is 4.90 Å². The first-order valence-electron chi connectivity index (χ1n) is 6.84. The number of hydrogen-bond donors (Lipinski definition) is 0. The van der Waals surface area contributed by atoms with E-state index in [9.17, 15) is 4.79 Å². The third kappa shape index (κ3) is 2.42. The first kappa shape index (κ1) is 12.8. The molecule has 1 amide bonds. The van der Waals surface area contributed by atoms with Gasteiger partial charge in [-0.2, -0.15) is 0 Å². The highest BCUT2D eigenvalue weighted by Crippen LogP contribution is 2.36. The summed E-state index contributed by atoms with van der Waals surface area (Å²) >= 11 is 3.43. The number of halogens is 1. The van der Waals surface area contributed by atoms with Crippen LogP contribution in [0, 0.1) is 0 Å². The van der Waals surface area contributed by atoms with Gasteiger partial charge < -0.3 is 4.74 Å². The molecule has 0 N–H and O–H groups in total. The molecule has 1 aromatic carbocycles. The van der Waals surface area contributed by atoms with Crippen LogP contribution in [0.15, 0.2) is 28.9 Å². The van der Waals surface area contributed by atoms with Crippen molar-refractivity contribution in [2.75, 3.05) is 11.5 Å². The summed E-state index contributed by atoms with van der Waals surface area (Å²) in [5.41, 5.74) is 1.56. The third-order valence-electron chi connectivity index (χ3n) is 3.66. The first-order valence-corrected chi connectivity index (χ1v) is 7.63. The molecule has 0 spiro atoms. The molecule has 1 aliphatic carbocycles. The van der Waals surface area contributed by atoms with Gasteiger partial charge in [0.15, 0.2) is 6.61 Å². The van der Waals surface area contributed by atoms with E-state index in [4.69, 9.17) is 4.74 Å². The van der Waals surface area contributed by atoms with E-state index in [2.05, 4.69) is 26.2 Å². The topological polar surface area (TPSA) is 60.2 Å². The van der Waals surface area contributed by atoms with E-state index < -0.39 is 0 Å². The van der Waals surface area contributed by atoms with Gasteiger partial charge in [0.05, 0.1) is 24.5 Å². The minimum atomic E-state index is -0.0680. The summed E-state index contributed by atoms with van der Waals surface area (Å²) in [6, 6.07) is 6.14. The Labute approximate surface area is 129 Å². The van der Waals surface area contributed by atoms with Crippen molar-refractivity contribution in [2.45, 2.75) is 25.4 Å². The van der Waals surface area contributed by atoms with E-state index >= 15 is 0 Å². The van der Waals surface area contributed by atoms with Gasteiger partial charge in [0.1, 0.15) is 11.4 Å². The Morgan fingerprint density at radius 1 is 1.38 bits per heavy atom. The standard InChI is InChI=1S/C14H13BrN4O2/c15-9-1-4-13-12(5-9)18(14(20)8-21-13)6-10-7-19(17-16-10)11-2-3-11/h1,4-5,7,11H,2-3,6,8H2. The lowest BCUT2D eigenvalue weighted by Crippen LogP contribution is -2.38. The molecule has 1 saturated carbocycles. The molecule has 1 fully saturated rings. The van der Waals surface area contributed by atoms with Crippen LogP contribution in [0.3, 0.4) is 0 Å². The molecule has 0 bridgehead atoms. The minimum absolute atomic E-state index is 0.0609. The van der Waals surface area contributed by atoms with E-state index in [1.807, 2.05) is 29.1 Å². The lowest BCUT2D eigenvalue weighted by molar-refractivity contribution is -0.121. The summed E-state index contributed by atoms with van der Waals surface area (Å²) in [7, 11) is 0. The second-order valence-corrected chi connectivity index (χ2v) is 6.22. The molecule has 2 aromatic rings. The zero-order valence-corrected chi connectivity index (χ0v) is 12.8. The SMILES string of the molecule is O=C1COc2ccc(Br)cc2N1Cc1cn(C2CC2)nn1. The molecule has 21 heavy (non-hydrogen) atoms. The maximum Gasteiger partial charge on any atom is 0.265 e. The lowest BCUT2D eigenvalue weighted by Gasteiger charge is -2.28. The van der Waals surface area contributed by atoms with Crippen LogP contribution < -0.4 is 9.64 Å². The van der Waals surface area contributed by atoms with Crippen molar-refractivity contribution in [1.29, 1.82) is 0 Å². The van der Waals surface area contributed by atoms with Gasteiger partial charge in [-0.3, -0.25) is 9.69 Å². The normalized spacial score (nSPS) is 17.6. The molecule has 0 radical (unpaired) electrons. The summed E-state index contributed by atoms with van der Waals surface area (Å²) in [6.07, 6.45) is 4.25. The summed E-state index contributed by atoms with van der Waals surface area (Å²) < 4.78 is 8.26. The highest BCUT2D eigenvalue weighted by atomic mass is 79.9. The van der Waals surface area contributed by atoms with Crippen LogP contribution >= 0.6 is 15.9 Å². The van der Waals surface area contributed by atoms with Crippen molar-refractivity contribution in [1.82, 2.24) is 15.0 Å². The Morgan fingerprint density at radius 3 is 3.05 bits per heavy atom. The number of rotatable bonds is 3. The maximum atomic E-state index is 12.2. The smallest absolute Gasteiger partial charge is 0.265 e. The highest BCUT2D eigenvalue weighted by molar-refractivity contribution is 9.10. The number of anilines is 1. The Bertz CT molecular complexity index is 711. The Hall–Kier alpha value is -1.89. The monoisotopic (exact) mass is 348 g/mol. The van der Waals surface area contributed by atoms with Crippen LogP contribution in [0.5, 0.6) is 5.75 Å². The quantitative estimate of drug-likeness (QED) is 0.853. The number of fused-ring (bicyclic) bond motifs is 1. The number of hydrogen-bond acceptors (Lipinski definition) is 4. The van der Waals surface area contributed by atoms with E-state index in [0.29, 0.717) is 18.3 Å². The number of nitrogens with zero attached hydrogens (tertiary/aromatic N) is 4. The number of carbonyl (C=O) groups is 1. The Balaban J connectivity index is 1.63. The van der Waals surface area contributed by atoms with Gasteiger partial charge in [-0.25, -0.2) is 4.68 Å². The van der Waals surface area contributed by atoms with Crippen molar-refractivity contribution in [3.05, 3.63) is 34.6 Å². The molecule has 0 unspecified atom stereocenters. The maximum absolute atomic E-state index is 12.2. The van der Waals surface area contributed by atoms with Gasteiger partial charge in [-0.15, -0.1) is 5.10 Å². The van der Waals surface area contributed by atoms with Gasteiger partial charge in [0.25, 0.3) is 5.91 Å². The van der Waals surface area contributed by atoms with Crippen LogP contribution in [-0.2, 0) is 11.3 Å². The summed E-state index contributed by atoms with van der Waals surface area (Å²) in [5.74, 6) is 0.647. The highest BCUT2D eigenvalue weighted by Gasteiger charge is 2.28. The minimum Gasteiger partial charge on any atom is -0.482 e. The Kier molecular flexibility index (Phi) is 2.95. The number of ether oxygens (including phenoxy) is 1. The molecule has 2 heterocycles. The summed E-state index contributed by atoms with van der Waals surface area (Å²) in [5, 5.41) is 8.30.